The van der Waals surface area contributed by atoms with Crippen molar-refractivity contribution in [1.82, 2.24) is 10.2 Å². The third-order valence-corrected chi connectivity index (χ3v) is 3.29. The molecule has 1 aromatic carbocycles. The zero-order valence-electron chi connectivity index (χ0n) is 9.89. The molecule has 1 aliphatic rings. The average molecular weight is 321 g/mol. The first-order valence-corrected chi connectivity index (χ1v) is 6.66. The molecule has 0 aromatic heterocycles. The van der Waals surface area contributed by atoms with Crippen LogP contribution < -0.4 is 10.1 Å². The molecule has 1 fully saturated rings. The van der Waals surface area contributed by atoms with Crippen LogP contribution >= 0.6 is 15.9 Å². The minimum Gasteiger partial charge on any atom is -0.489 e. The number of hydrogen-bond acceptors (Lipinski definition) is 3. The van der Waals surface area contributed by atoms with E-state index in [9.17, 15) is 8.78 Å². The first kappa shape index (κ1) is 13.7. The molecular formula is C12H15BrF2N2O. The van der Waals surface area contributed by atoms with Crippen LogP contribution in [-0.4, -0.2) is 44.2 Å². The van der Waals surface area contributed by atoms with Gasteiger partial charge in [0.15, 0.2) is 11.6 Å². The van der Waals surface area contributed by atoms with Crippen molar-refractivity contribution in [2.45, 2.75) is 0 Å². The molecule has 0 spiro atoms. The molecule has 0 unspecified atom stereocenters. The standard InChI is InChI=1S/C12H15BrF2N2O/c13-9-7-10(14)12(15)11(8-9)18-6-5-17-3-1-16-2-4-17/h7-8,16H,1-6H2. The maximum atomic E-state index is 13.4. The largest absolute Gasteiger partial charge is 0.489 e. The molecule has 0 aliphatic carbocycles. The molecule has 18 heavy (non-hydrogen) atoms. The minimum absolute atomic E-state index is 0.0444. The first-order chi connectivity index (χ1) is 8.66. The summed E-state index contributed by atoms with van der Waals surface area (Å²) in [6.45, 7) is 4.90. The number of nitrogens with one attached hydrogen (secondary N) is 1. The van der Waals surface area contributed by atoms with Crippen LogP contribution in [0.15, 0.2) is 16.6 Å². The smallest absolute Gasteiger partial charge is 0.200 e. The van der Waals surface area contributed by atoms with Gasteiger partial charge in [0.1, 0.15) is 6.61 Å². The molecule has 3 nitrogen and oxygen atoms in total. The number of benzene rings is 1. The maximum absolute atomic E-state index is 13.4. The quantitative estimate of drug-likeness (QED) is 0.859. The number of piperazine rings is 1. The van der Waals surface area contributed by atoms with E-state index in [0.29, 0.717) is 11.1 Å². The molecule has 0 amide bonds. The van der Waals surface area contributed by atoms with Gasteiger partial charge in [-0.1, -0.05) is 15.9 Å². The summed E-state index contributed by atoms with van der Waals surface area (Å²) in [6.07, 6.45) is 0. The topological polar surface area (TPSA) is 24.5 Å². The Morgan fingerprint density at radius 1 is 1.28 bits per heavy atom. The molecule has 1 aromatic rings. The van der Waals surface area contributed by atoms with Crippen molar-refractivity contribution in [3.63, 3.8) is 0 Å². The van der Waals surface area contributed by atoms with Gasteiger partial charge >= 0.3 is 0 Å². The Bertz CT molecular complexity index is 411. The Labute approximate surface area is 113 Å². The zero-order chi connectivity index (χ0) is 13.0. The predicted molar refractivity (Wildman–Crippen MR) is 68.9 cm³/mol. The van der Waals surface area contributed by atoms with E-state index in [4.69, 9.17) is 4.74 Å². The van der Waals surface area contributed by atoms with E-state index in [1.165, 1.54) is 6.07 Å². The second-order valence-electron chi connectivity index (χ2n) is 4.14. The van der Waals surface area contributed by atoms with Gasteiger partial charge in [0.25, 0.3) is 0 Å². The van der Waals surface area contributed by atoms with Crippen LogP contribution in [0.3, 0.4) is 0 Å². The van der Waals surface area contributed by atoms with E-state index in [1.54, 1.807) is 0 Å². The third-order valence-electron chi connectivity index (χ3n) is 2.83. The highest BCUT2D eigenvalue weighted by molar-refractivity contribution is 9.10. The summed E-state index contributed by atoms with van der Waals surface area (Å²) in [5, 5.41) is 3.25. The van der Waals surface area contributed by atoms with Crippen molar-refractivity contribution >= 4 is 15.9 Å². The molecule has 100 valence electrons. The highest BCUT2D eigenvalue weighted by Gasteiger charge is 2.13. The molecule has 0 radical (unpaired) electrons. The van der Waals surface area contributed by atoms with Crippen LogP contribution in [-0.2, 0) is 0 Å². The van der Waals surface area contributed by atoms with Gasteiger partial charge in [-0.25, -0.2) is 4.39 Å². The Morgan fingerprint density at radius 3 is 2.72 bits per heavy atom. The van der Waals surface area contributed by atoms with Crippen LogP contribution in [0.4, 0.5) is 8.78 Å². The molecule has 2 rings (SSSR count). The van der Waals surface area contributed by atoms with Crippen molar-refractivity contribution in [2.24, 2.45) is 0 Å². The summed E-state index contributed by atoms with van der Waals surface area (Å²) >= 11 is 3.11. The SMILES string of the molecule is Fc1cc(Br)cc(OCCN2CCNCC2)c1F. The van der Waals surface area contributed by atoms with Crippen molar-refractivity contribution in [3.8, 4) is 5.75 Å². The van der Waals surface area contributed by atoms with Gasteiger partial charge < -0.3 is 10.1 Å². The maximum Gasteiger partial charge on any atom is 0.200 e. The number of nitrogens with zero attached hydrogens (tertiary/aromatic N) is 1. The predicted octanol–water partition coefficient (Wildman–Crippen LogP) is 2.01. The lowest BCUT2D eigenvalue weighted by molar-refractivity contribution is 0.187. The number of hydrogen-bond donors (Lipinski definition) is 1. The molecule has 0 atom stereocenters. The highest BCUT2D eigenvalue weighted by atomic mass is 79.9. The zero-order valence-corrected chi connectivity index (χ0v) is 11.5. The fraction of sp³-hybridized carbons (Fsp3) is 0.500. The summed E-state index contributed by atoms with van der Waals surface area (Å²) in [5.41, 5.74) is 0. The highest BCUT2D eigenvalue weighted by Crippen LogP contribution is 2.25. The fourth-order valence-electron chi connectivity index (χ4n) is 1.86. The summed E-state index contributed by atoms with van der Waals surface area (Å²) in [7, 11) is 0. The minimum atomic E-state index is -0.932. The number of rotatable bonds is 4. The van der Waals surface area contributed by atoms with Crippen LogP contribution in [0.5, 0.6) is 5.75 Å². The normalized spacial score (nSPS) is 16.8. The van der Waals surface area contributed by atoms with E-state index in [0.717, 1.165) is 38.8 Å². The van der Waals surface area contributed by atoms with E-state index < -0.39 is 11.6 Å². The monoisotopic (exact) mass is 320 g/mol. The Kier molecular flexibility index (Phi) is 4.91. The van der Waals surface area contributed by atoms with E-state index in [-0.39, 0.29) is 5.75 Å². The summed E-state index contributed by atoms with van der Waals surface area (Å²) in [6, 6.07) is 2.52. The molecule has 0 saturated carbocycles. The molecular weight excluding hydrogens is 306 g/mol. The van der Waals surface area contributed by atoms with Gasteiger partial charge in [0.05, 0.1) is 0 Å². The first-order valence-electron chi connectivity index (χ1n) is 5.87. The Hall–Kier alpha value is -0.720. The van der Waals surface area contributed by atoms with Crippen LogP contribution in [0.2, 0.25) is 0 Å². The Balaban J connectivity index is 1.86. The summed E-state index contributed by atoms with van der Waals surface area (Å²) in [5.74, 6) is -1.88. The summed E-state index contributed by atoms with van der Waals surface area (Å²) in [4.78, 5) is 2.22. The van der Waals surface area contributed by atoms with Gasteiger partial charge in [-0.05, 0) is 12.1 Å². The Morgan fingerprint density at radius 2 is 2.00 bits per heavy atom. The van der Waals surface area contributed by atoms with Crippen molar-refractivity contribution in [1.29, 1.82) is 0 Å². The van der Waals surface area contributed by atoms with Gasteiger partial charge in [-0.3, -0.25) is 4.90 Å². The second-order valence-corrected chi connectivity index (χ2v) is 5.06. The van der Waals surface area contributed by atoms with Gasteiger partial charge in [0.2, 0.25) is 5.82 Å². The molecule has 1 aliphatic heterocycles. The van der Waals surface area contributed by atoms with Crippen molar-refractivity contribution < 1.29 is 13.5 Å². The van der Waals surface area contributed by atoms with Gasteiger partial charge in [0, 0.05) is 37.2 Å². The van der Waals surface area contributed by atoms with E-state index in [1.807, 2.05) is 0 Å². The van der Waals surface area contributed by atoms with Gasteiger partial charge in [-0.15, -0.1) is 0 Å². The lowest BCUT2D eigenvalue weighted by Crippen LogP contribution is -2.44. The average Bonchev–Trinajstić information content (AvgIpc) is 2.36. The van der Waals surface area contributed by atoms with Crippen molar-refractivity contribution in [2.75, 3.05) is 39.3 Å². The van der Waals surface area contributed by atoms with Crippen molar-refractivity contribution in [3.05, 3.63) is 28.2 Å². The number of halogens is 3. The lowest BCUT2D eigenvalue weighted by Gasteiger charge is -2.26. The van der Waals surface area contributed by atoms with Crippen LogP contribution in [0.25, 0.3) is 0 Å². The van der Waals surface area contributed by atoms with E-state index >= 15 is 0 Å². The molecule has 0 bridgehead atoms. The fourth-order valence-corrected chi connectivity index (χ4v) is 2.27. The second kappa shape index (κ2) is 6.45. The van der Waals surface area contributed by atoms with Crippen LogP contribution in [0.1, 0.15) is 0 Å². The molecule has 6 heteroatoms. The molecule has 1 N–H and O–H groups in total. The van der Waals surface area contributed by atoms with E-state index in [2.05, 4.69) is 26.1 Å². The molecule has 1 saturated heterocycles. The van der Waals surface area contributed by atoms with Crippen LogP contribution in [0, 0.1) is 11.6 Å². The summed E-state index contributed by atoms with van der Waals surface area (Å²) < 4.78 is 32.3. The molecule has 1 heterocycles. The third kappa shape index (κ3) is 3.63. The lowest BCUT2D eigenvalue weighted by atomic mass is 10.3. The number of ether oxygens (including phenoxy) is 1. The van der Waals surface area contributed by atoms with Gasteiger partial charge in [-0.2, -0.15) is 4.39 Å².